The third-order valence-electron chi connectivity index (χ3n) is 2.47. The molecule has 0 aliphatic heterocycles. The first-order valence-electron chi connectivity index (χ1n) is 4.56. The second kappa shape index (κ2) is 3.00. The number of para-hydroxylation sites is 1. The number of phenols is 1. The van der Waals surface area contributed by atoms with Crippen LogP contribution in [-0.2, 0) is 0 Å². The number of aromatic hydroxyl groups is 1. The van der Waals surface area contributed by atoms with Crippen molar-refractivity contribution >= 4 is 37.9 Å². The zero-order valence-corrected chi connectivity index (χ0v) is 9.28. The van der Waals surface area contributed by atoms with Gasteiger partial charge in [-0.3, -0.25) is 0 Å². The summed E-state index contributed by atoms with van der Waals surface area (Å²) in [7, 11) is 0. The molecule has 15 heavy (non-hydrogen) atoms. The van der Waals surface area contributed by atoms with Crippen LogP contribution in [0, 0.1) is 0 Å². The van der Waals surface area contributed by atoms with Crippen LogP contribution in [0.25, 0.3) is 21.9 Å². The Bertz CT molecular complexity index is 655. The van der Waals surface area contributed by atoms with Gasteiger partial charge in [0.25, 0.3) is 0 Å². The maximum absolute atomic E-state index is 9.82. The Kier molecular flexibility index (Phi) is 1.76. The molecule has 0 atom stereocenters. The summed E-state index contributed by atoms with van der Waals surface area (Å²) in [5.74, 6) is 0.156. The van der Waals surface area contributed by atoms with E-state index in [2.05, 4.69) is 15.9 Å². The molecule has 2 nitrogen and oxygen atoms in total. The molecule has 1 heterocycles. The molecular formula is C12H7BrO2. The second-order valence-corrected chi connectivity index (χ2v) is 4.23. The van der Waals surface area contributed by atoms with E-state index >= 15 is 0 Å². The number of halogens is 1. The van der Waals surface area contributed by atoms with E-state index in [1.165, 1.54) is 0 Å². The standard InChI is InChI=1S/C12H7BrO2/c13-9-6-5-8-7-3-1-2-4-10(7)15-12(8)11(9)14/h1-6,14H. The summed E-state index contributed by atoms with van der Waals surface area (Å²) in [6, 6.07) is 11.5. The van der Waals surface area contributed by atoms with Gasteiger partial charge in [-0.25, -0.2) is 0 Å². The molecule has 2 aromatic carbocycles. The number of rotatable bonds is 0. The lowest BCUT2D eigenvalue weighted by atomic mass is 10.1. The molecule has 74 valence electrons. The lowest BCUT2D eigenvalue weighted by molar-refractivity contribution is 0.465. The number of hydrogen-bond acceptors (Lipinski definition) is 2. The Morgan fingerprint density at radius 1 is 1.00 bits per heavy atom. The zero-order valence-electron chi connectivity index (χ0n) is 7.70. The molecule has 0 spiro atoms. The molecule has 3 heteroatoms. The lowest BCUT2D eigenvalue weighted by Gasteiger charge is -1.95. The molecule has 0 fully saturated rings. The molecule has 0 aliphatic rings. The Morgan fingerprint density at radius 2 is 1.80 bits per heavy atom. The molecule has 3 aromatic rings. The van der Waals surface area contributed by atoms with Crippen molar-refractivity contribution in [1.29, 1.82) is 0 Å². The summed E-state index contributed by atoms with van der Waals surface area (Å²) in [6.45, 7) is 0. The van der Waals surface area contributed by atoms with Crippen molar-refractivity contribution in [1.82, 2.24) is 0 Å². The van der Waals surface area contributed by atoms with Crippen LogP contribution in [0.5, 0.6) is 5.75 Å². The maximum atomic E-state index is 9.82. The van der Waals surface area contributed by atoms with Crippen molar-refractivity contribution < 1.29 is 9.52 Å². The van der Waals surface area contributed by atoms with Crippen LogP contribution in [-0.4, -0.2) is 5.11 Å². The smallest absolute Gasteiger partial charge is 0.178 e. The molecule has 0 saturated carbocycles. The van der Waals surface area contributed by atoms with Crippen LogP contribution in [0.2, 0.25) is 0 Å². The van der Waals surface area contributed by atoms with E-state index in [0.29, 0.717) is 10.1 Å². The quantitative estimate of drug-likeness (QED) is 0.663. The molecule has 3 rings (SSSR count). The molecule has 0 saturated heterocycles. The van der Waals surface area contributed by atoms with Gasteiger partial charge in [-0.2, -0.15) is 0 Å². The molecular weight excluding hydrogens is 256 g/mol. The molecule has 1 N–H and O–H groups in total. The summed E-state index contributed by atoms with van der Waals surface area (Å²) in [5, 5.41) is 11.8. The fourth-order valence-corrected chi connectivity index (χ4v) is 2.06. The first-order chi connectivity index (χ1) is 7.27. The van der Waals surface area contributed by atoms with E-state index < -0.39 is 0 Å². The monoisotopic (exact) mass is 262 g/mol. The van der Waals surface area contributed by atoms with Crippen molar-refractivity contribution in [2.24, 2.45) is 0 Å². The first-order valence-corrected chi connectivity index (χ1v) is 5.35. The molecule has 0 amide bonds. The van der Waals surface area contributed by atoms with Gasteiger partial charge in [0.15, 0.2) is 11.3 Å². The topological polar surface area (TPSA) is 33.4 Å². The molecule has 0 bridgehead atoms. The number of hydrogen-bond donors (Lipinski definition) is 1. The normalized spacial score (nSPS) is 11.3. The van der Waals surface area contributed by atoms with Crippen LogP contribution < -0.4 is 0 Å². The summed E-state index contributed by atoms with van der Waals surface area (Å²) < 4.78 is 6.23. The van der Waals surface area contributed by atoms with Gasteiger partial charge in [0.2, 0.25) is 0 Å². The minimum atomic E-state index is 0.156. The van der Waals surface area contributed by atoms with Crippen molar-refractivity contribution in [2.45, 2.75) is 0 Å². The summed E-state index contributed by atoms with van der Waals surface area (Å²) in [4.78, 5) is 0. The van der Waals surface area contributed by atoms with Crippen LogP contribution in [0.3, 0.4) is 0 Å². The Labute approximate surface area is 94.3 Å². The molecule has 0 unspecified atom stereocenters. The second-order valence-electron chi connectivity index (χ2n) is 3.37. The predicted octanol–water partition coefficient (Wildman–Crippen LogP) is 4.05. The van der Waals surface area contributed by atoms with Crippen LogP contribution in [0.1, 0.15) is 0 Å². The van der Waals surface area contributed by atoms with Crippen molar-refractivity contribution in [2.75, 3.05) is 0 Å². The van der Waals surface area contributed by atoms with Crippen molar-refractivity contribution in [3.63, 3.8) is 0 Å². The summed E-state index contributed by atoms with van der Waals surface area (Å²) in [5.41, 5.74) is 1.33. The molecule has 0 aliphatic carbocycles. The number of furan rings is 1. The third kappa shape index (κ3) is 1.16. The SMILES string of the molecule is Oc1c(Br)ccc2c1oc1ccccc12. The van der Waals surface area contributed by atoms with Gasteiger partial charge in [-0.05, 0) is 34.1 Å². The largest absolute Gasteiger partial charge is 0.503 e. The summed E-state index contributed by atoms with van der Waals surface area (Å²) in [6.07, 6.45) is 0. The average Bonchev–Trinajstić information content (AvgIpc) is 2.63. The lowest BCUT2D eigenvalue weighted by Crippen LogP contribution is -1.70. The molecule has 1 aromatic heterocycles. The van der Waals surface area contributed by atoms with Gasteiger partial charge in [0.1, 0.15) is 5.58 Å². The maximum Gasteiger partial charge on any atom is 0.178 e. The van der Waals surface area contributed by atoms with Crippen LogP contribution in [0.4, 0.5) is 0 Å². The van der Waals surface area contributed by atoms with Gasteiger partial charge >= 0.3 is 0 Å². The number of fused-ring (bicyclic) bond motifs is 3. The number of benzene rings is 2. The average molecular weight is 263 g/mol. The minimum Gasteiger partial charge on any atom is -0.503 e. The van der Waals surface area contributed by atoms with Gasteiger partial charge in [0.05, 0.1) is 4.47 Å². The van der Waals surface area contributed by atoms with Gasteiger partial charge in [-0.1, -0.05) is 18.2 Å². The van der Waals surface area contributed by atoms with E-state index in [0.717, 1.165) is 16.4 Å². The zero-order chi connectivity index (χ0) is 10.4. The number of phenolic OH excluding ortho intramolecular Hbond substituents is 1. The highest BCUT2D eigenvalue weighted by atomic mass is 79.9. The van der Waals surface area contributed by atoms with E-state index in [9.17, 15) is 5.11 Å². The van der Waals surface area contributed by atoms with Gasteiger partial charge in [0, 0.05) is 10.8 Å². The highest BCUT2D eigenvalue weighted by molar-refractivity contribution is 9.10. The third-order valence-corrected chi connectivity index (χ3v) is 3.11. The fraction of sp³-hybridized carbons (Fsp3) is 0. The Morgan fingerprint density at radius 3 is 2.67 bits per heavy atom. The fourth-order valence-electron chi connectivity index (χ4n) is 1.75. The van der Waals surface area contributed by atoms with E-state index in [1.54, 1.807) is 0 Å². The van der Waals surface area contributed by atoms with E-state index in [4.69, 9.17) is 4.42 Å². The van der Waals surface area contributed by atoms with Crippen molar-refractivity contribution in [3.8, 4) is 5.75 Å². The highest BCUT2D eigenvalue weighted by Crippen LogP contribution is 2.38. The van der Waals surface area contributed by atoms with E-state index in [-0.39, 0.29) is 5.75 Å². The van der Waals surface area contributed by atoms with E-state index in [1.807, 2.05) is 36.4 Å². The Hall–Kier alpha value is -1.48. The first kappa shape index (κ1) is 8.80. The predicted molar refractivity (Wildman–Crippen MR) is 63.1 cm³/mol. The van der Waals surface area contributed by atoms with Crippen LogP contribution in [0.15, 0.2) is 45.3 Å². The van der Waals surface area contributed by atoms with Gasteiger partial charge in [-0.15, -0.1) is 0 Å². The highest BCUT2D eigenvalue weighted by Gasteiger charge is 2.11. The van der Waals surface area contributed by atoms with Crippen LogP contribution >= 0.6 is 15.9 Å². The Balaban J connectivity index is 2.60. The minimum absolute atomic E-state index is 0.156. The summed E-state index contributed by atoms with van der Waals surface area (Å²) >= 11 is 3.26. The molecule has 0 radical (unpaired) electrons. The van der Waals surface area contributed by atoms with Crippen molar-refractivity contribution in [3.05, 3.63) is 40.9 Å². The van der Waals surface area contributed by atoms with Gasteiger partial charge < -0.3 is 9.52 Å².